The highest BCUT2D eigenvalue weighted by Gasteiger charge is 2.14. The lowest BCUT2D eigenvalue weighted by Gasteiger charge is -2.17. The average Bonchev–Trinajstić information content (AvgIpc) is 2.69. The molecule has 2 heterocycles. The van der Waals surface area contributed by atoms with Crippen LogP contribution in [0.15, 0.2) is 4.99 Å². The molecule has 0 aromatic carbocycles. The van der Waals surface area contributed by atoms with E-state index in [1.807, 2.05) is 0 Å². The van der Waals surface area contributed by atoms with Gasteiger partial charge in [0, 0.05) is 19.6 Å². The van der Waals surface area contributed by atoms with Crippen molar-refractivity contribution in [2.45, 2.75) is 12.8 Å². The minimum absolute atomic E-state index is 0.784. The van der Waals surface area contributed by atoms with Gasteiger partial charge in [0.05, 0.1) is 0 Å². The van der Waals surface area contributed by atoms with Gasteiger partial charge in [0.1, 0.15) is 0 Å². The van der Waals surface area contributed by atoms with E-state index in [4.69, 9.17) is 0 Å². The summed E-state index contributed by atoms with van der Waals surface area (Å²) in [6, 6.07) is 0. The molecule has 0 amide bonds. The number of guanidine groups is 1. The third-order valence-corrected chi connectivity index (χ3v) is 2.62. The number of nitrogens with zero attached hydrogens (tertiary/aromatic N) is 1. The highest BCUT2D eigenvalue weighted by Crippen LogP contribution is 2.05. The zero-order valence-corrected chi connectivity index (χ0v) is 7.97. The van der Waals surface area contributed by atoms with Gasteiger partial charge in [0.15, 0.2) is 5.96 Å². The van der Waals surface area contributed by atoms with Crippen LogP contribution in [0.4, 0.5) is 0 Å². The van der Waals surface area contributed by atoms with Crippen LogP contribution >= 0.6 is 0 Å². The maximum Gasteiger partial charge on any atom is 0.191 e. The highest BCUT2D eigenvalue weighted by molar-refractivity contribution is 5.80. The molecule has 0 aromatic heterocycles. The normalized spacial score (nSPS) is 28.0. The van der Waals surface area contributed by atoms with Crippen molar-refractivity contribution in [3.05, 3.63) is 0 Å². The Morgan fingerprint density at radius 3 is 3.15 bits per heavy atom. The Hall–Kier alpha value is -0.770. The zero-order chi connectivity index (χ0) is 8.93. The Morgan fingerprint density at radius 1 is 1.46 bits per heavy atom. The summed E-state index contributed by atoms with van der Waals surface area (Å²) in [7, 11) is 0. The van der Waals surface area contributed by atoms with Crippen molar-refractivity contribution in [1.29, 1.82) is 0 Å². The van der Waals surface area contributed by atoms with Crippen molar-refractivity contribution in [3.8, 4) is 0 Å². The molecule has 0 aromatic rings. The topological polar surface area (TPSA) is 48.5 Å². The smallest absolute Gasteiger partial charge is 0.191 e. The molecule has 0 spiro atoms. The maximum atomic E-state index is 4.36. The monoisotopic (exact) mass is 182 g/mol. The molecule has 2 rings (SSSR count). The van der Waals surface area contributed by atoms with Crippen LogP contribution in [-0.4, -0.2) is 38.7 Å². The summed E-state index contributed by atoms with van der Waals surface area (Å²) in [6.07, 6.45) is 2.45. The predicted octanol–water partition coefficient (Wildman–Crippen LogP) is -0.465. The molecule has 1 atom stereocenters. The molecule has 1 saturated heterocycles. The Bertz CT molecular complexity index is 184. The molecule has 74 valence electrons. The Labute approximate surface area is 79.2 Å². The molecule has 3 N–H and O–H groups in total. The first-order valence-electron chi connectivity index (χ1n) is 5.18. The van der Waals surface area contributed by atoms with Crippen molar-refractivity contribution in [1.82, 2.24) is 16.0 Å². The standard InChI is InChI=1S/C9H18N4/c1-3-11-9(12-4-1)13-7-8-2-5-10-6-8/h8,10H,1-7H2,(H2,11,12,13). The molecule has 4 nitrogen and oxygen atoms in total. The number of nitrogens with one attached hydrogen (secondary N) is 3. The lowest BCUT2D eigenvalue weighted by molar-refractivity contribution is 0.555. The first kappa shape index (κ1) is 8.81. The number of hydrogen-bond donors (Lipinski definition) is 3. The fourth-order valence-corrected chi connectivity index (χ4v) is 1.78. The fourth-order valence-electron chi connectivity index (χ4n) is 1.78. The molecule has 2 aliphatic rings. The Balaban J connectivity index is 1.68. The summed E-state index contributed by atoms with van der Waals surface area (Å²) < 4.78 is 0. The molecule has 1 unspecified atom stereocenters. The van der Waals surface area contributed by atoms with Crippen LogP contribution in [0.25, 0.3) is 0 Å². The van der Waals surface area contributed by atoms with Crippen molar-refractivity contribution in [3.63, 3.8) is 0 Å². The summed E-state index contributed by atoms with van der Waals surface area (Å²) >= 11 is 0. The number of rotatable bonds is 2. The second-order valence-electron chi connectivity index (χ2n) is 3.75. The zero-order valence-electron chi connectivity index (χ0n) is 7.97. The van der Waals surface area contributed by atoms with Crippen LogP contribution in [0, 0.1) is 5.92 Å². The third-order valence-electron chi connectivity index (χ3n) is 2.62. The van der Waals surface area contributed by atoms with Gasteiger partial charge < -0.3 is 16.0 Å². The van der Waals surface area contributed by atoms with Crippen LogP contribution in [0.2, 0.25) is 0 Å². The summed E-state index contributed by atoms with van der Waals surface area (Å²) in [5.41, 5.74) is 0. The van der Waals surface area contributed by atoms with Gasteiger partial charge >= 0.3 is 0 Å². The highest BCUT2D eigenvalue weighted by atomic mass is 15.2. The van der Waals surface area contributed by atoms with Gasteiger partial charge in [-0.05, 0) is 31.8 Å². The average molecular weight is 182 g/mol. The SMILES string of the molecule is C1CN=C(NCC2CCNC2)NC1. The van der Waals surface area contributed by atoms with Gasteiger partial charge in [-0.25, -0.2) is 0 Å². The molecular formula is C9H18N4. The second-order valence-corrected chi connectivity index (χ2v) is 3.75. The molecule has 0 radical (unpaired) electrons. The van der Waals surface area contributed by atoms with Gasteiger partial charge in [0.2, 0.25) is 0 Å². The second kappa shape index (κ2) is 4.46. The lowest BCUT2D eigenvalue weighted by atomic mass is 10.1. The number of aliphatic imine (C=N–C) groups is 1. The van der Waals surface area contributed by atoms with Gasteiger partial charge in [0.25, 0.3) is 0 Å². The summed E-state index contributed by atoms with van der Waals surface area (Å²) in [4.78, 5) is 4.36. The Morgan fingerprint density at radius 2 is 2.46 bits per heavy atom. The molecular weight excluding hydrogens is 164 g/mol. The van der Waals surface area contributed by atoms with E-state index < -0.39 is 0 Å². The first-order valence-corrected chi connectivity index (χ1v) is 5.18. The van der Waals surface area contributed by atoms with Crippen molar-refractivity contribution in [2.75, 3.05) is 32.7 Å². The van der Waals surface area contributed by atoms with Crippen LogP contribution in [0.3, 0.4) is 0 Å². The lowest BCUT2D eigenvalue weighted by Crippen LogP contribution is -2.42. The van der Waals surface area contributed by atoms with Gasteiger partial charge in [-0.1, -0.05) is 0 Å². The van der Waals surface area contributed by atoms with Crippen LogP contribution in [-0.2, 0) is 0 Å². The van der Waals surface area contributed by atoms with E-state index >= 15 is 0 Å². The molecule has 4 heteroatoms. The molecule has 2 aliphatic heterocycles. The quantitative estimate of drug-likeness (QED) is 0.541. The van der Waals surface area contributed by atoms with Crippen molar-refractivity contribution >= 4 is 5.96 Å². The molecule has 1 fully saturated rings. The summed E-state index contributed by atoms with van der Waals surface area (Å²) in [5, 5.41) is 9.98. The molecule has 0 aliphatic carbocycles. The minimum atomic E-state index is 0.784. The van der Waals surface area contributed by atoms with E-state index in [0.29, 0.717) is 0 Å². The van der Waals surface area contributed by atoms with E-state index in [2.05, 4.69) is 20.9 Å². The maximum absolute atomic E-state index is 4.36. The molecule has 0 saturated carbocycles. The fraction of sp³-hybridized carbons (Fsp3) is 0.889. The molecule has 13 heavy (non-hydrogen) atoms. The van der Waals surface area contributed by atoms with Crippen molar-refractivity contribution in [2.24, 2.45) is 10.9 Å². The Kier molecular flexibility index (Phi) is 3.02. The van der Waals surface area contributed by atoms with Crippen LogP contribution < -0.4 is 16.0 Å². The summed E-state index contributed by atoms with van der Waals surface area (Å²) in [6.45, 7) is 5.42. The predicted molar refractivity (Wildman–Crippen MR) is 53.9 cm³/mol. The van der Waals surface area contributed by atoms with Gasteiger partial charge in [-0.15, -0.1) is 0 Å². The largest absolute Gasteiger partial charge is 0.356 e. The van der Waals surface area contributed by atoms with E-state index in [9.17, 15) is 0 Å². The van der Waals surface area contributed by atoms with Crippen molar-refractivity contribution < 1.29 is 0 Å². The van der Waals surface area contributed by atoms with E-state index in [-0.39, 0.29) is 0 Å². The van der Waals surface area contributed by atoms with E-state index in [0.717, 1.165) is 44.5 Å². The molecule has 0 bridgehead atoms. The van der Waals surface area contributed by atoms with Gasteiger partial charge in [-0.3, -0.25) is 4.99 Å². The van der Waals surface area contributed by atoms with Crippen LogP contribution in [0.1, 0.15) is 12.8 Å². The van der Waals surface area contributed by atoms with Crippen LogP contribution in [0.5, 0.6) is 0 Å². The van der Waals surface area contributed by atoms with E-state index in [1.54, 1.807) is 0 Å². The van der Waals surface area contributed by atoms with E-state index in [1.165, 1.54) is 13.0 Å². The van der Waals surface area contributed by atoms with Gasteiger partial charge in [-0.2, -0.15) is 0 Å². The summed E-state index contributed by atoms with van der Waals surface area (Å²) in [5.74, 6) is 1.78. The third kappa shape index (κ3) is 2.59. The minimum Gasteiger partial charge on any atom is -0.356 e. The first-order chi connectivity index (χ1) is 6.45. The number of hydrogen-bond acceptors (Lipinski definition) is 4.